The Balaban J connectivity index is 1.97. The Morgan fingerprint density at radius 2 is 2.29 bits per heavy atom. The number of quaternary nitrogens is 1. The number of carbonyl (C=O) groups is 1. The molecule has 0 fully saturated rings. The molecule has 3 N–H and O–H groups in total. The normalized spacial score (nSPS) is 30.3. The molecule has 108 valence electrons. The highest BCUT2D eigenvalue weighted by Gasteiger charge is 2.46. The van der Waals surface area contributed by atoms with Gasteiger partial charge >= 0.3 is 5.97 Å². The van der Waals surface area contributed by atoms with Crippen molar-refractivity contribution in [1.82, 2.24) is 4.90 Å². The number of aliphatic carboxylic acids is 1. The van der Waals surface area contributed by atoms with Gasteiger partial charge in [0.2, 0.25) is 0 Å². The van der Waals surface area contributed by atoms with Crippen molar-refractivity contribution in [3.05, 3.63) is 41.6 Å². The predicted molar refractivity (Wildman–Crippen MR) is 80.8 cm³/mol. The molecular weight excluding hydrogens is 264 g/mol. The zero-order valence-corrected chi connectivity index (χ0v) is 12.3. The van der Waals surface area contributed by atoms with Crippen molar-refractivity contribution in [2.75, 3.05) is 13.6 Å². The summed E-state index contributed by atoms with van der Waals surface area (Å²) in [5.74, 6) is -1.17. The number of nitrogens with zero attached hydrogens (tertiary/aromatic N) is 1. The molecule has 0 aromatic heterocycles. The van der Waals surface area contributed by atoms with Crippen molar-refractivity contribution in [3.63, 3.8) is 0 Å². The smallest absolute Gasteiger partial charge is 0.311 e. The van der Waals surface area contributed by atoms with Crippen LogP contribution in [0.1, 0.15) is 24.5 Å². The maximum absolute atomic E-state index is 11.4. The summed E-state index contributed by atoms with van der Waals surface area (Å²) in [6.45, 7) is 2.80. The third-order valence-electron chi connectivity index (χ3n) is 5.29. The molecule has 4 rings (SSSR count). The number of rotatable bonds is 1. The van der Waals surface area contributed by atoms with Crippen molar-refractivity contribution in [3.8, 4) is 0 Å². The van der Waals surface area contributed by atoms with Crippen LogP contribution in [0.15, 0.2) is 30.5 Å². The minimum atomic E-state index is -0.739. The molecule has 21 heavy (non-hydrogen) atoms. The van der Waals surface area contributed by atoms with Gasteiger partial charge in [0.05, 0.1) is 11.5 Å². The minimum absolute atomic E-state index is 0.110. The van der Waals surface area contributed by atoms with Crippen molar-refractivity contribution in [1.29, 1.82) is 0 Å². The standard InChI is InChI=1S/C17H18N2O2/c1-17-7-11-8-18-14-5-3-4-12(15(11)14)13(17)6-10(16(20)21)9-19(17)2/h3-6,8,10,18H,7,9H2,1-2H3,(H,20,21)/p+1. The summed E-state index contributed by atoms with van der Waals surface area (Å²) in [7, 11) is 2.04. The molecular formula is C17H19N2O2+. The van der Waals surface area contributed by atoms with Gasteiger partial charge in [-0.25, -0.2) is 0 Å². The number of hydrogen-bond acceptors (Lipinski definition) is 2. The van der Waals surface area contributed by atoms with Gasteiger partial charge in [-0.05, 0) is 25.1 Å². The van der Waals surface area contributed by atoms with E-state index in [9.17, 15) is 9.90 Å². The van der Waals surface area contributed by atoms with Crippen molar-refractivity contribution in [2.45, 2.75) is 18.9 Å². The number of nitrogens with two attached hydrogens (primary N) is 1. The van der Waals surface area contributed by atoms with Gasteiger partial charge in [0.25, 0.3) is 0 Å². The van der Waals surface area contributed by atoms with Gasteiger partial charge in [0.15, 0.2) is 0 Å². The Morgan fingerprint density at radius 1 is 1.48 bits per heavy atom. The van der Waals surface area contributed by atoms with Crippen molar-refractivity contribution in [2.24, 2.45) is 5.92 Å². The van der Waals surface area contributed by atoms with E-state index in [1.165, 1.54) is 28.0 Å². The summed E-state index contributed by atoms with van der Waals surface area (Å²) in [5.41, 5.74) is 6.21. The monoisotopic (exact) mass is 283 g/mol. The largest absolute Gasteiger partial charge is 0.481 e. The Bertz CT molecular complexity index is 720. The number of carboxylic acids is 1. The average molecular weight is 283 g/mol. The molecule has 2 heterocycles. The van der Waals surface area contributed by atoms with Crippen LogP contribution < -0.4 is 5.32 Å². The Morgan fingerprint density at radius 3 is 3.05 bits per heavy atom. The molecule has 0 bridgehead atoms. The van der Waals surface area contributed by atoms with Crippen LogP contribution in [0.2, 0.25) is 0 Å². The van der Waals surface area contributed by atoms with Crippen LogP contribution in [0.5, 0.6) is 0 Å². The van der Waals surface area contributed by atoms with Crippen LogP contribution >= 0.6 is 0 Å². The number of likely N-dealkylation sites (N-methyl/N-ethyl adjacent to an activating group) is 1. The molecule has 0 amide bonds. The second-order valence-corrected chi connectivity index (χ2v) is 6.48. The highest BCUT2D eigenvalue weighted by Crippen LogP contribution is 2.51. The van der Waals surface area contributed by atoms with Crippen LogP contribution in [-0.4, -0.2) is 35.1 Å². The maximum Gasteiger partial charge on any atom is 0.311 e. The fraction of sp³-hybridized carbons (Fsp3) is 0.353. The summed E-state index contributed by atoms with van der Waals surface area (Å²) >= 11 is 0. The summed E-state index contributed by atoms with van der Waals surface area (Å²) < 4.78 is 0. The molecule has 2 aliphatic heterocycles. The number of hydrogen-bond donors (Lipinski definition) is 2. The summed E-state index contributed by atoms with van der Waals surface area (Å²) in [4.78, 5) is 13.6. The van der Waals surface area contributed by atoms with E-state index < -0.39 is 11.9 Å². The highest BCUT2D eigenvalue weighted by atomic mass is 16.4. The zero-order valence-electron chi connectivity index (χ0n) is 12.3. The molecule has 0 saturated heterocycles. The lowest BCUT2D eigenvalue weighted by Gasteiger charge is -2.48. The third-order valence-corrected chi connectivity index (χ3v) is 5.29. The lowest BCUT2D eigenvalue weighted by atomic mass is 9.69. The summed E-state index contributed by atoms with van der Waals surface area (Å²) in [6, 6.07) is 6.33. The van der Waals surface area contributed by atoms with E-state index in [0.717, 1.165) is 6.42 Å². The molecule has 2 unspecified atom stereocenters. The Labute approximate surface area is 123 Å². The topological polar surface area (TPSA) is 57.2 Å². The van der Waals surface area contributed by atoms with Crippen LogP contribution in [0.25, 0.3) is 11.1 Å². The van der Waals surface area contributed by atoms with Crippen molar-refractivity contribution < 1.29 is 15.2 Å². The quantitative estimate of drug-likeness (QED) is 0.767. The van der Waals surface area contributed by atoms with Gasteiger partial charge < -0.3 is 5.11 Å². The summed E-state index contributed by atoms with van der Waals surface area (Å²) in [5, 5.41) is 11.6. The molecule has 3 aliphatic rings. The first-order chi connectivity index (χ1) is 10.0. The SMILES string of the molecule is CN1CC(C(=O)O)C=C2c3cccc4c3C(=C[NH2+]4)CC21C. The number of benzene rings is 1. The van der Waals surface area contributed by atoms with Crippen LogP contribution in [0, 0.1) is 5.92 Å². The first-order valence-corrected chi connectivity index (χ1v) is 7.35. The molecule has 1 aliphatic carbocycles. The van der Waals surface area contributed by atoms with Gasteiger partial charge in [-0.15, -0.1) is 0 Å². The molecule has 2 atom stereocenters. The first kappa shape index (κ1) is 12.8. The maximum atomic E-state index is 11.4. The molecule has 1 aromatic carbocycles. The lowest BCUT2D eigenvalue weighted by molar-refractivity contribution is -0.491. The van der Waals surface area contributed by atoms with Gasteiger partial charge in [0.1, 0.15) is 11.9 Å². The van der Waals surface area contributed by atoms with Gasteiger partial charge in [-0.3, -0.25) is 15.0 Å². The Hall–Kier alpha value is -1.91. The van der Waals surface area contributed by atoms with E-state index in [0.29, 0.717) is 6.54 Å². The third kappa shape index (κ3) is 1.60. The van der Waals surface area contributed by atoms with E-state index in [-0.39, 0.29) is 5.54 Å². The molecule has 0 spiro atoms. The predicted octanol–water partition coefficient (Wildman–Crippen LogP) is 1.43. The Kier molecular flexibility index (Phi) is 2.47. The van der Waals surface area contributed by atoms with Gasteiger partial charge in [-0.2, -0.15) is 0 Å². The number of fused-ring (bicyclic) bond motifs is 2. The van der Waals surface area contributed by atoms with E-state index in [1.54, 1.807) is 0 Å². The van der Waals surface area contributed by atoms with E-state index in [1.807, 2.05) is 13.1 Å². The molecule has 1 aromatic rings. The highest BCUT2D eigenvalue weighted by molar-refractivity contribution is 5.94. The zero-order chi connectivity index (χ0) is 14.8. The van der Waals surface area contributed by atoms with Gasteiger partial charge in [-0.1, -0.05) is 18.2 Å². The molecule has 0 saturated carbocycles. The van der Waals surface area contributed by atoms with E-state index >= 15 is 0 Å². The van der Waals surface area contributed by atoms with E-state index in [2.05, 4.69) is 41.5 Å². The lowest BCUT2D eigenvalue weighted by Crippen LogP contribution is -2.69. The summed E-state index contributed by atoms with van der Waals surface area (Å²) in [6.07, 6.45) is 5.14. The molecule has 0 radical (unpaired) electrons. The van der Waals surface area contributed by atoms with Gasteiger partial charge in [0, 0.05) is 30.1 Å². The first-order valence-electron chi connectivity index (χ1n) is 7.35. The van der Waals surface area contributed by atoms with Crippen molar-refractivity contribution >= 4 is 22.8 Å². The second kappa shape index (κ2) is 4.06. The number of carboxylic acid groups (broad SMARTS) is 1. The van der Waals surface area contributed by atoms with E-state index in [4.69, 9.17) is 0 Å². The second-order valence-electron chi connectivity index (χ2n) is 6.48. The molecule has 4 heteroatoms. The van der Waals surface area contributed by atoms with Crippen LogP contribution in [-0.2, 0) is 4.79 Å². The average Bonchev–Trinajstić information content (AvgIpc) is 2.85. The molecule has 4 nitrogen and oxygen atoms in total. The fourth-order valence-electron chi connectivity index (χ4n) is 3.98. The van der Waals surface area contributed by atoms with Crippen LogP contribution in [0.4, 0.5) is 5.69 Å². The minimum Gasteiger partial charge on any atom is -0.481 e. The fourth-order valence-corrected chi connectivity index (χ4v) is 3.98. The van der Waals surface area contributed by atoms with Crippen LogP contribution in [0.3, 0.4) is 0 Å².